The van der Waals surface area contributed by atoms with Crippen molar-refractivity contribution < 1.29 is 18.0 Å². The number of nitrogens with zero attached hydrogens (tertiary/aromatic N) is 1. The van der Waals surface area contributed by atoms with Gasteiger partial charge in [-0.1, -0.05) is 37.6 Å². The number of carbonyl (C=O) groups excluding carboxylic acids is 1. The van der Waals surface area contributed by atoms with Crippen LogP contribution in [0.2, 0.25) is 0 Å². The van der Waals surface area contributed by atoms with Crippen LogP contribution in [-0.4, -0.2) is 12.0 Å². The second kappa shape index (κ2) is 5.06. The molecule has 1 heterocycles. The fourth-order valence-corrected chi connectivity index (χ4v) is 2.09. The molecule has 1 aliphatic rings. The molecule has 0 aromatic heterocycles. The molecule has 0 radical (unpaired) electrons. The summed E-state index contributed by atoms with van der Waals surface area (Å²) >= 11 is 0. The molecule has 112 valence electrons. The number of rotatable bonds is 2. The van der Waals surface area contributed by atoms with Crippen LogP contribution < -0.4 is 4.90 Å². The minimum atomic E-state index is -4.87. The molecule has 0 saturated heterocycles. The normalized spacial score (nSPS) is 17.6. The molecule has 21 heavy (non-hydrogen) atoms. The SMILES string of the molecule is Cc1ccc(N2C=CC(C)(C)C(C(=O)C(F)(F)F)=C2)cc1. The molecule has 0 saturated carbocycles. The van der Waals surface area contributed by atoms with Gasteiger partial charge in [-0.3, -0.25) is 4.79 Å². The molecule has 0 spiro atoms. The van der Waals surface area contributed by atoms with E-state index in [-0.39, 0.29) is 5.57 Å². The maximum atomic E-state index is 12.7. The molecule has 1 aromatic carbocycles. The average molecular weight is 295 g/mol. The van der Waals surface area contributed by atoms with E-state index in [1.165, 1.54) is 11.1 Å². The van der Waals surface area contributed by atoms with Gasteiger partial charge < -0.3 is 4.90 Å². The zero-order chi connectivity index (χ0) is 15.8. The summed E-state index contributed by atoms with van der Waals surface area (Å²) in [5.74, 6) is -1.80. The molecule has 1 aliphatic heterocycles. The quantitative estimate of drug-likeness (QED) is 0.807. The van der Waals surface area contributed by atoms with E-state index in [0.717, 1.165) is 5.56 Å². The minimum absolute atomic E-state index is 0.266. The second-order valence-electron chi connectivity index (χ2n) is 5.65. The third kappa shape index (κ3) is 3.17. The Bertz CT molecular complexity index is 609. The van der Waals surface area contributed by atoms with Crippen molar-refractivity contribution in [3.8, 4) is 0 Å². The molecular formula is C16H16F3NO. The van der Waals surface area contributed by atoms with E-state index < -0.39 is 17.4 Å². The van der Waals surface area contributed by atoms with Gasteiger partial charge in [-0.2, -0.15) is 13.2 Å². The van der Waals surface area contributed by atoms with Crippen LogP contribution in [0.25, 0.3) is 0 Å². The Morgan fingerprint density at radius 2 is 1.71 bits per heavy atom. The van der Waals surface area contributed by atoms with Gasteiger partial charge in [-0.15, -0.1) is 0 Å². The minimum Gasteiger partial charge on any atom is -0.324 e. The highest BCUT2D eigenvalue weighted by molar-refractivity contribution is 6.01. The van der Waals surface area contributed by atoms with Crippen molar-refractivity contribution in [2.24, 2.45) is 5.41 Å². The predicted molar refractivity (Wildman–Crippen MR) is 75.7 cm³/mol. The first kappa shape index (κ1) is 15.4. The molecule has 2 rings (SSSR count). The van der Waals surface area contributed by atoms with E-state index in [4.69, 9.17) is 0 Å². The highest BCUT2D eigenvalue weighted by atomic mass is 19.4. The number of benzene rings is 1. The summed E-state index contributed by atoms with van der Waals surface area (Å²) in [5.41, 5.74) is 0.543. The fourth-order valence-electron chi connectivity index (χ4n) is 2.09. The number of carbonyl (C=O) groups is 1. The number of alkyl halides is 3. The van der Waals surface area contributed by atoms with Crippen molar-refractivity contribution in [2.45, 2.75) is 26.9 Å². The molecule has 0 fully saturated rings. The Hall–Kier alpha value is -2.04. The van der Waals surface area contributed by atoms with Crippen LogP contribution in [0.1, 0.15) is 19.4 Å². The third-order valence-electron chi connectivity index (χ3n) is 3.45. The fraction of sp³-hybridized carbons (Fsp3) is 0.312. The maximum Gasteiger partial charge on any atom is 0.454 e. The number of Topliss-reactive ketones (excluding diaryl/α,β-unsaturated/α-hetero) is 1. The summed E-state index contributed by atoms with van der Waals surface area (Å²) in [5, 5.41) is 0. The molecule has 0 bridgehead atoms. The molecule has 5 heteroatoms. The summed E-state index contributed by atoms with van der Waals surface area (Å²) in [7, 11) is 0. The number of ketones is 1. The molecule has 1 aromatic rings. The van der Waals surface area contributed by atoms with Crippen molar-refractivity contribution in [1.82, 2.24) is 0 Å². The third-order valence-corrected chi connectivity index (χ3v) is 3.45. The standard InChI is InChI=1S/C16H16F3NO/c1-11-4-6-12(7-5-11)20-9-8-15(2,3)13(10-20)14(21)16(17,18)19/h4-10H,1-3H3. The van der Waals surface area contributed by atoms with Crippen LogP contribution in [-0.2, 0) is 4.79 Å². The zero-order valence-corrected chi connectivity index (χ0v) is 12.0. The Balaban J connectivity index is 2.41. The van der Waals surface area contributed by atoms with Gasteiger partial charge in [-0.25, -0.2) is 0 Å². The Labute approximate surface area is 121 Å². The van der Waals surface area contributed by atoms with Crippen molar-refractivity contribution in [3.05, 3.63) is 53.9 Å². The summed E-state index contributed by atoms with van der Waals surface area (Å²) in [4.78, 5) is 13.1. The predicted octanol–water partition coefficient (Wildman–Crippen LogP) is 4.37. The lowest BCUT2D eigenvalue weighted by Gasteiger charge is -2.31. The van der Waals surface area contributed by atoms with E-state index in [0.29, 0.717) is 5.69 Å². The second-order valence-corrected chi connectivity index (χ2v) is 5.65. The molecule has 2 nitrogen and oxygen atoms in total. The van der Waals surface area contributed by atoms with Crippen molar-refractivity contribution >= 4 is 11.5 Å². The molecule has 0 amide bonds. The van der Waals surface area contributed by atoms with E-state index in [1.54, 1.807) is 38.3 Å². The summed E-state index contributed by atoms with van der Waals surface area (Å²) in [6, 6.07) is 7.32. The van der Waals surface area contributed by atoms with Gasteiger partial charge in [0.15, 0.2) is 0 Å². The first-order chi connectivity index (χ1) is 9.61. The highest BCUT2D eigenvalue weighted by Gasteiger charge is 2.45. The first-order valence-corrected chi connectivity index (χ1v) is 6.49. The van der Waals surface area contributed by atoms with Gasteiger partial charge in [0.2, 0.25) is 0 Å². The van der Waals surface area contributed by atoms with E-state index in [2.05, 4.69) is 0 Å². The lowest BCUT2D eigenvalue weighted by molar-refractivity contribution is -0.167. The van der Waals surface area contributed by atoms with Crippen molar-refractivity contribution in [3.63, 3.8) is 0 Å². The topological polar surface area (TPSA) is 20.3 Å². The average Bonchev–Trinajstić information content (AvgIpc) is 2.38. The van der Waals surface area contributed by atoms with Crippen molar-refractivity contribution in [1.29, 1.82) is 0 Å². The van der Waals surface area contributed by atoms with Gasteiger partial charge in [0, 0.05) is 29.1 Å². The summed E-state index contributed by atoms with van der Waals surface area (Å²) < 4.78 is 38.2. The lowest BCUT2D eigenvalue weighted by Crippen LogP contribution is -2.34. The molecule has 0 unspecified atom stereocenters. The molecular weight excluding hydrogens is 279 g/mol. The summed E-state index contributed by atoms with van der Waals surface area (Å²) in [6.07, 6.45) is -0.322. The van der Waals surface area contributed by atoms with Crippen LogP contribution in [0, 0.1) is 12.3 Å². The molecule has 0 aliphatic carbocycles. The van der Waals surface area contributed by atoms with Crippen LogP contribution in [0.15, 0.2) is 48.3 Å². The maximum absolute atomic E-state index is 12.7. The lowest BCUT2D eigenvalue weighted by atomic mass is 9.80. The Morgan fingerprint density at radius 1 is 1.14 bits per heavy atom. The largest absolute Gasteiger partial charge is 0.454 e. The highest BCUT2D eigenvalue weighted by Crippen LogP contribution is 2.37. The van der Waals surface area contributed by atoms with Gasteiger partial charge in [0.05, 0.1) is 0 Å². The van der Waals surface area contributed by atoms with Crippen molar-refractivity contribution in [2.75, 3.05) is 4.90 Å². The zero-order valence-electron chi connectivity index (χ0n) is 12.0. The van der Waals surface area contributed by atoms with Gasteiger partial charge in [0.25, 0.3) is 5.78 Å². The van der Waals surface area contributed by atoms with Gasteiger partial charge in [-0.05, 0) is 19.1 Å². The number of aryl methyl sites for hydroxylation is 1. The van der Waals surface area contributed by atoms with Crippen LogP contribution in [0.5, 0.6) is 0 Å². The van der Waals surface area contributed by atoms with Crippen LogP contribution in [0.4, 0.5) is 18.9 Å². The van der Waals surface area contributed by atoms with Gasteiger partial charge in [0.1, 0.15) is 0 Å². The smallest absolute Gasteiger partial charge is 0.324 e. The molecule has 0 N–H and O–H groups in total. The van der Waals surface area contributed by atoms with Crippen LogP contribution >= 0.6 is 0 Å². The number of allylic oxidation sites excluding steroid dienone is 2. The number of halogens is 3. The van der Waals surface area contributed by atoms with E-state index >= 15 is 0 Å². The number of anilines is 1. The molecule has 0 atom stereocenters. The summed E-state index contributed by atoms with van der Waals surface area (Å²) in [6.45, 7) is 5.10. The van der Waals surface area contributed by atoms with E-state index in [1.807, 2.05) is 19.1 Å². The number of hydrogen-bond donors (Lipinski definition) is 0. The first-order valence-electron chi connectivity index (χ1n) is 6.49. The Morgan fingerprint density at radius 3 is 2.24 bits per heavy atom. The van der Waals surface area contributed by atoms with Crippen LogP contribution in [0.3, 0.4) is 0 Å². The monoisotopic (exact) mass is 295 g/mol. The Kier molecular flexibility index (Phi) is 3.70. The number of hydrogen-bond acceptors (Lipinski definition) is 2. The van der Waals surface area contributed by atoms with Gasteiger partial charge >= 0.3 is 6.18 Å². The van der Waals surface area contributed by atoms with E-state index in [9.17, 15) is 18.0 Å².